The van der Waals surface area contributed by atoms with E-state index in [1.54, 1.807) is 44.2 Å². The van der Waals surface area contributed by atoms with Gasteiger partial charge in [-0.1, -0.05) is 32.0 Å². The molecular formula is C21H32NO8P. The minimum atomic E-state index is -4.11. The number of aliphatic hydroxyl groups is 2. The molecule has 0 heterocycles. The van der Waals surface area contributed by atoms with E-state index in [2.05, 4.69) is 5.09 Å². The predicted octanol–water partition coefficient (Wildman–Crippen LogP) is 2.45. The summed E-state index contributed by atoms with van der Waals surface area (Å²) in [5, 5.41) is 22.0. The number of nitrogens with one attached hydrogen (secondary N) is 1. The van der Waals surface area contributed by atoms with Crippen LogP contribution in [0.3, 0.4) is 0 Å². The molecule has 1 rings (SSSR count). The summed E-state index contributed by atoms with van der Waals surface area (Å²) in [5.74, 6) is -0.881. The van der Waals surface area contributed by atoms with Crippen molar-refractivity contribution in [3.63, 3.8) is 0 Å². The van der Waals surface area contributed by atoms with Crippen molar-refractivity contribution < 1.29 is 38.2 Å². The zero-order chi connectivity index (χ0) is 23.7. The lowest BCUT2D eigenvalue weighted by molar-refractivity contribution is -0.134. The third-order valence-electron chi connectivity index (χ3n) is 4.56. The quantitative estimate of drug-likeness (QED) is 0.339. The molecule has 0 aliphatic carbocycles. The molecule has 9 nitrogen and oxygen atoms in total. The van der Waals surface area contributed by atoms with Crippen molar-refractivity contribution in [1.29, 1.82) is 0 Å². The molecule has 0 aromatic heterocycles. The predicted molar refractivity (Wildman–Crippen MR) is 115 cm³/mol. The first kappa shape index (κ1) is 27.1. The molecule has 0 radical (unpaired) electrons. The molecule has 1 aromatic rings. The summed E-state index contributed by atoms with van der Waals surface area (Å²) in [6.45, 7) is 4.88. The van der Waals surface area contributed by atoms with Gasteiger partial charge in [0.15, 0.2) is 11.6 Å². The fraction of sp³-hybridized carbons (Fsp3) is 0.571. The van der Waals surface area contributed by atoms with Crippen molar-refractivity contribution in [1.82, 2.24) is 5.09 Å². The topological polar surface area (TPSA) is 139 Å². The van der Waals surface area contributed by atoms with Crippen molar-refractivity contribution >= 4 is 25.1 Å². The lowest BCUT2D eigenvalue weighted by Gasteiger charge is -2.31. The second kappa shape index (κ2) is 12.2. The summed E-state index contributed by atoms with van der Waals surface area (Å²) in [7, 11) is -4.11. The molecule has 174 valence electrons. The molecule has 31 heavy (non-hydrogen) atoms. The highest BCUT2D eigenvalue weighted by Crippen LogP contribution is 2.46. The molecule has 0 saturated heterocycles. The van der Waals surface area contributed by atoms with Crippen LogP contribution in [0.2, 0.25) is 0 Å². The van der Waals surface area contributed by atoms with Crippen molar-refractivity contribution in [3.05, 3.63) is 30.3 Å². The van der Waals surface area contributed by atoms with E-state index in [-0.39, 0.29) is 31.0 Å². The Balaban J connectivity index is 2.89. The highest BCUT2D eigenvalue weighted by Gasteiger charge is 2.38. The fourth-order valence-electron chi connectivity index (χ4n) is 2.57. The van der Waals surface area contributed by atoms with E-state index in [0.717, 1.165) is 0 Å². The van der Waals surface area contributed by atoms with E-state index in [1.807, 2.05) is 0 Å². The lowest BCUT2D eigenvalue weighted by atomic mass is 9.84. The summed E-state index contributed by atoms with van der Waals surface area (Å²) in [6, 6.07) is 7.14. The van der Waals surface area contributed by atoms with Gasteiger partial charge in [0.2, 0.25) is 0 Å². The van der Waals surface area contributed by atoms with Crippen LogP contribution in [0.15, 0.2) is 30.3 Å². The summed E-state index contributed by atoms with van der Waals surface area (Å²) in [6.07, 6.45) is -0.806. The number of ketones is 3. The average Bonchev–Trinajstić information content (AvgIpc) is 2.71. The largest absolute Gasteiger partial charge is 0.459 e. The van der Waals surface area contributed by atoms with Gasteiger partial charge < -0.3 is 19.5 Å². The van der Waals surface area contributed by atoms with Crippen molar-refractivity contribution in [3.8, 4) is 5.75 Å². The van der Waals surface area contributed by atoms with Gasteiger partial charge in [0.1, 0.15) is 24.2 Å². The molecule has 0 fully saturated rings. The maximum absolute atomic E-state index is 13.3. The molecule has 0 aliphatic heterocycles. The van der Waals surface area contributed by atoms with Gasteiger partial charge in [-0.05, 0) is 32.4 Å². The molecule has 0 aliphatic rings. The van der Waals surface area contributed by atoms with Crippen LogP contribution in [-0.4, -0.2) is 52.9 Å². The SMILES string of the molecule is CC(=O)CCCC(=O)[C@H](O)C(C)(C)COP(=O)(N[C@@H](C)C(=O)CO)Oc1ccccc1. The van der Waals surface area contributed by atoms with E-state index in [4.69, 9.17) is 14.2 Å². The van der Waals surface area contributed by atoms with Crippen molar-refractivity contribution in [2.24, 2.45) is 5.41 Å². The summed E-state index contributed by atoms with van der Waals surface area (Å²) in [4.78, 5) is 35.1. The van der Waals surface area contributed by atoms with Crippen LogP contribution < -0.4 is 9.61 Å². The molecule has 0 bridgehead atoms. The normalized spacial score (nSPS) is 15.5. The lowest BCUT2D eigenvalue weighted by Crippen LogP contribution is -2.41. The summed E-state index contributed by atoms with van der Waals surface area (Å²) >= 11 is 0. The zero-order valence-electron chi connectivity index (χ0n) is 18.4. The highest BCUT2D eigenvalue weighted by atomic mass is 31.2. The average molecular weight is 457 g/mol. The van der Waals surface area contributed by atoms with Crippen LogP contribution in [0, 0.1) is 5.41 Å². The molecule has 0 spiro atoms. The number of carbonyl (C=O) groups excluding carboxylic acids is 3. The Kier molecular flexibility index (Phi) is 10.7. The first-order chi connectivity index (χ1) is 14.4. The second-order valence-corrected chi connectivity index (χ2v) is 9.76. The number of hydrogen-bond donors (Lipinski definition) is 3. The molecule has 1 unspecified atom stereocenters. The number of hydrogen-bond acceptors (Lipinski definition) is 8. The van der Waals surface area contributed by atoms with Gasteiger partial charge in [0.05, 0.1) is 12.6 Å². The number of Topliss-reactive ketones (excluding diaryl/α,β-unsaturated/α-hetero) is 3. The van der Waals surface area contributed by atoms with E-state index in [9.17, 15) is 24.1 Å². The molecule has 3 atom stereocenters. The Morgan fingerprint density at radius 2 is 1.74 bits per heavy atom. The number of aliphatic hydroxyl groups excluding tert-OH is 2. The Bertz CT molecular complexity index is 796. The van der Waals surface area contributed by atoms with Crippen LogP contribution >= 0.6 is 7.75 Å². The molecule has 0 saturated carbocycles. The van der Waals surface area contributed by atoms with Gasteiger partial charge in [-0.15, -0.1) is 0 Å². The minimum absolute atomic E-state index is 0.0304. The third-order valence-corrected chi connectivity index (χ3v) is 6.19. The molecule has 3 N–H and O–H groups in total. The van der Waals surface area contributed by atoms with Crippen LogP contribution in [-0.2, 0) is 23.5 Å². The maximum atomic E-state index is 13.3. The van der Waals surface area contributed by atoms with E-state index < -0.39 is 43.5 Å². The third kappa shape index (κ3) is 9.41. The van der Waals surface area contributed by atoms with E-state index in [1.165, 1.54) is 13.8 Å². The smallest absolute Gasteiger partial charge is 0.413 e. The first-order valence-electron chi connectivity index (χ1n) is 10.0. The molecule has 0 amide bonds. The van der Waals surface area contributed by atoms with E-state index >= 15 is 0 Å². The second-order valence-electron chi connectivity index (χ2n) is 8.06. The molecular weight excluding hydrogens is 425 g/mol. The Morgan fingerprint density at radius 1 is 1.13 bits per heavy atom. The van der Waals surface area contributed by atoms with Gasteiger partial charge in [-0.25, -0.2) is 9.65 Å². The Labute approximate surface area is 182 Å². The van der Waals surface area contributed by atoms with E-state index in [0.29, 0.717) is 6.42 Å². The number of para-hydroxylation sites is 1. The van der Waals surface area contributed by atoms with Crippen LogP contribution in [0.5, 0.6) is 5.75 Å². The number of rotatable bonds is 15. The monoisotopic (exact) mass is 457 g/mol. The zero-order valence-corrected chi connectivity index (χ0v) is 19.3. The standard InChI is InChI=1S/C21H32NO8P/c1-15(24)9-8-12-18(25)20(27)21(3,4)14-29-31(28,22-16(2)19(26)13-23)30-17-10-6-5-7-11-17/h5-7,10-11,16,20,23,27H,8-9,12-14H2,1-4H3,(H,22,28)/t16-,20-,31?/m0/s1. The van der Waals surface area contributed by atoms with Gasteiger partial charge >= 0.3 is 7.75 Å². The van der Waals surface area contributed by atoms with Crippen LogP contribution in [0.1, 0.15) is 47.0 Å². The van der Waals surface area contributed by atoms with Crippen LogP contribution in [0.25, 0.3) is 0 Å². The number of carbonyl (C=O) groups is 3. The maximum Gasteiger partial charge on any atom is 0.459 e. The minimum Gasteiger partial charge on any atom is -0.413 e. The first-order valence-corrected chi connectivity index (χ1v) is 11.6. The fourth-order valence-corrected chi connectivity index (χ4v) is 4.27. The van der Waals surface area contributed by atoms with Crippen LogP contribution in [0.4, 0.5) is 0 Å². The van der Waals surface area contributed by atoms with Gasteiger partial charge in [0, 0.05) is 18.3 Å². The number of benzene rings is 1. The molecule has 10 heteroatoms. The molecule has 1 aromatic carbocycles. The highest BCUT2D eigenvalue weighted by molar-refractivity contribution is 7.52. The van der Waals surface area contributed by atoms with Gasteiger partial charge in [0.25, 0.3) is 0 Å². The van der Waals surface area contributed by atoms with Crippen molar-refractivity contribution in [2.75, 3.05) is 13.2 Å². The Morgan fingerprint density at radius 3 is 2.29 bits per heavy atom. The Hall–Kier alpha value is -1.90. The van der Waals surface area contributed by atoms with Gasteiger partial charge in [-0.3, -0.25) is 14.1 Å². The van der Waals surface area contributed by atoms with Crippen molar-refractivity contribution in [2.45, 2.75) is 59.1 Å². The van der Waals surface area contributed by atoms with Gasteiger partial charge in [-0.2, -0.15) is 0 Å². The summed E-state index contributed by atoms with van der Waals surface area (Å²) in [5.41, 5.74) is -1.13. The summed E-state index contributed by atoms with van der Waals surface area (Å²) < 4.78 is 24.3.